The molecule has 0 fully saturated rings. The number of hydrogen-bond donors (Lipinski definition) is 0. The van der Waals surface area contributed by atoms with Crippen LogP contribution in [0.5, 0.6) is 0 Å². The number of hydrogen-bond acceptors (Lipinski definition) is 3. The standard InChI is InChI=1S/C20H16ClN3S/c1-14-4-2-3-5-16(14)13-25-20-19-12-18(23-24(19)11-10-22-20)15-6-8-17(21)9-7-15/h2-12H,13H2,1H3. The molecule has 2 aromatic carbocycles. The van der Waals surface area contributed by atoms with Crippen LogP contribution in [0.4, 0.5) is 0 Å². The summed E-state index contributed by atoms with van der Waals surface area (Å²) in [6.07, 6.45) is 3.68. The average molecular weight is 366 g/mol. The molecule has 0 spiro atoms. The van der Waals surface area contributed by atoms with E-state index < -0.39 is 0 Å². The minimum absolute atomic E-state index is 0.726. The Morgan fingerprint density at radius 3 is 2.68 bits per heavy atom. The van der Waals surface area contributed by atoms with Crippen LogP contribution in [0.25, 0.3) is 16.8 Å². The van der Waals surface area contributed by atoms with Crippen molar-refractivity contribution in [3.05, 3.63) is 83.1 Å². The SMILES string of the molecule is Cc1ccccc1CSc1nccn2nc(-c3ccc(Cl)cc3)cc12. The third-order valence-corrected chi connectivity index (χ3v) is 5.42. The van der Waals surface area contributed by atoms with Crippen LogP contribution < -0.4 is 0 Å². The zero-order valence-corrected chi connectivity index (χ0v) is 15.3. The molecule has 4 rings (SSSR count). The van der Waals surface area contributed by atoms with E-state index in [2.05, 4.69) is 47.3 Å². The van der Waals surface area contributed by atoms with E-state index in [-0.39, 0.29) is 0 Å². The summed E-state index contributed by atoms with van der Waals surface area (Å²) in [4.78, 5) is 4.55. The molecule has 0 N–H and O–H groups in total. The number of aromatic nitrogens is 3. The van der Waals surface area contributed by atoms with Crippen LogP contribution in [0.1, 0.15) is 11.1 Å². The Bertz CT molecular complexity index is 1020. The topological polar surface area (TPSA) is 30.2 Å². The fourth-order valence-corrected chi connectivity index (χ4v) is 3.87. The van der Waals surface area contributed by atoms with Gasteiger partial charge in [-0.3, -0.25) is 0 Å². The molecule has 25 heavy (non-hydrogen) atoms. The molecule has 0 radical (unpaired) electrons. The second-order valence-corrected chi connectivity index (χ2v) is 7.21. The maximum Gasteiger partial charge on any atom is 0.122 e. The lowest BCUT2D eigenvalue weighted by Gasteiger charge is -2.05. The summed E-state index contributed by atoms with van der Waals surface area (Å²) in [5.74, 6) is 0.890. The predicted octanol–water partition coefficient (Wildman–Crippen LogP) is 5.65. The normalized spacial score (nSPS) is 11.1. The highest BCUT2D eigenvalue weighted by molar-refractivity contribution is 7.98. The van der Waals surface area contributed by atoms with Gasteiger partial charge in [-0.05, 0) is 36.2 Å². The lowest BCUT2D eigenvalue weighted by atomic mass is 10.1. The first kappa shape index (κ1) is 16.2. The van der Waals surface area contributed by atoms with Gasteiger partial charge in [0.15, 0.2) is 0 Å². The smallest absolute Gasteiger partial charge is 0.122 e. The number of rotatable bonds is 4. The molecule has 5 heteroatoms. The van der Waals surface area contributed by atoms with Crippen LogP contribution in [-0.2, 0) is 5.75 Å². The lowest BCUT2D eigenvalue weighted by Crippen LogP contribution is -1.92. The molecular weight excluding hydrogens is 350 g/mol. The molecule has 0 amide bonds. The molecule has 0 saturated carbocycles. The molecule has 0 aliphatic heterocycles. The van der Waals surface area contributed by atoms with Crippen molar-refractivity contribution in [2.24, 2.45) is 0 Å². The highest BCUT2D eigenvalue weighted by atomic mass is 35.5. The Morgan fingerprint density at radius 1 is 1.08 bits per heavy atom. The Hall–Kier alpha value is -2.30. The molecule has 0 aliphatic carbocycles. The third-order valence-electron chi connectivity index (χ3n) is 4.12. The van der Waals surface area contributed by atoms with Gasteiger partial charge in [-0.15, -0.1) is 0 Å². The maximum absolute atomic E-state index is 5.98. The van der Waals surface area contributed by atoms with Crippen molar-refractivity contribution < 1.29 is 0 Å². The van der Waals surface area contributed by atoms with E-state index in [0.29, 0.717) is 0 Å². The molecule has 124 valence electrons. The van der Waals surface area contributed by atoms with Gasteiger partial charge in [-0.25, -0.2) is 9.50 Å². The Kier molecular flexibility index (Phi) is 4.47. The van der Waals surface area contributed by atoms with Gasteiger partial charge in [0.05, 0.1) is 11.2 Å². The first-order valence-electron chi connectivity index (χ1n) is 7.98. The quantitative estimate of drug-likeness (QED) is 0.438. The number of thioether (sulfide) groups is 1. The van der Waals surface area contributed by atoms with Gasteiger partial charge in [0.25, 0.3) is 0 Å². The number of halogens is 1. The van der Waals surface area contributed by atoms with Crippen molar-refractivity contribution in [3.8, 4) is 11.3 Å². The Morgan fingerprint density at radius 2 is 1.88 bits per heavy atom. The molecule has 0 saturated heterocycles. The first-order valence-corrected chi connectivity index (χ1v) is 9.35. The minimum Gasteiger partial charge on any atom is -0.246 e. The Balaban J connectivity index is 1.66. The second kappa shape index (κ2) is 6.90. The van der Waals surface area contributed by atoms with Crippen molar-refractivity contribution in [1.29, 1.82) is 0 Å². The monoisotopic (exact) mass is 365 g/mol. The molecule has 4 aromatic rings. The average Bonchev–Trinajstić information content (AvgIpc) is 3.06. The number of nitrogens with zero attached hydrogens (tertiary/aromatic N) is 3. The van der Waals surface area contributed by atoms with Crippen LogP contribution in [0.2, 0.25) is 5.02 Å². The van der Waals surface area contributed by atoms with Gasteiger partial charge in [0, 0.05) is 28.7 Å². The van der Waals surface area contributed by atoms with Crippen molar-refractivity contribution >= 4 is 28.9 Å². The predicted molar refractivity (Wildman–Crippen MR) is 104 cm³/mol. The van der Waals surface area contributed by atoms with E-state index >= 15 is 0 Å². The Labute approximate surface area is 155 Å². The fraction of sp³-hybridized carbons (Fsp3) is 0.100. The summed E-state index contributed by atoms with van der Waals surface area (Å²) in [6.45, 7) is 2.14. The van der Waals surface area contributed by atoms with E-state index in [9.17, 15) is 0 Å². The molecule has 2 heterocycles. The third kappa shape index (κ3) is 3.41. The largest absolute Gasteiger partial charge is 0.246 e. The summed E-state index contributed by atoms with van der Waals surface area (Å²) in [5.41, 5.74) is 5.61. The minimum atomic E-state index is 0.726. The highest BCUT2D eigenvalue weighted by Crippen LogP contribution is 2.29. The molecule has 2 aromatic heterocycles. The summed E-state index contributed by atoms with van der Waals surface area (Å²) in [7, 11) is 0. The highest BCUT2D eigenvalue weighted by Gasteiger charge is 2.10. The van der Waals surface area contributed by atoms with E-state index in [4.69, 9.17) is 11.6 Å². The van der Waals surface area contributed by atoms with E-state index in [1.807, 2.05) is 35.0 Å². The van der Waals surface area contributed by atoms with Crippen LogP contribution in [0.15, 0.2) is 72.0 Å². The maximum atomic E-state index is 5.98. The van der Waals surface area contributed by atoms with E-state index in [0.717, 1.165) is 32.6 Å². The molecule has 0 unspecified atom stereocenters. The van der Waals surface area contributed by atoms with Gasteiger partial charge >= 0.3 is 0 Å². The van der Waals surface area contributed by atoms with Crippen LogP contribution in [0.3, 0.4) is 0 Å². The fourth-order valence-electron chi connectivity index (χ4n) is 2.69. The molecule has 0 atom stereocenters. The van der Waals surface area contributed by atoms with Crippen molar-refractivity contribution in [2.45, 2.75) is 17.7 Å². The van der Waals surface area contributed by atoms with Gasteiger partial charge in [0.1, 0.15) is 5.03 Å². The van der Waals surface area contributed by atoms with Gasteiger partial charge in [-0.2, -0.15) is 5.10 Å². The molecular formula is C20H16ClN3S. The summed E-state index contributed by atoms with van der Waals surface area (Å²) in [6, 6.07) is 18.3. The van der Waals surface area contributed by atoms with E-state index in [1.54, 1.807) is 18.0 Å². The molecule has 3 nitrogen and oxygen atoms in total. The molecule has 0 aliphatic rings. The molecule has 0 bridgehead atoms. The van der Waals surface area contributed by atoms with Crippen molar-refractivity contribution in [3.63, 3.8) is 0 Å². The number of aryl methyl sites for hydroxylation is 1. The van der Waals surface area contributed by atoms with Crippen LogP contribution >= 0.6 is 23.4 Å². The zero-order valence-electron chi connectivity index (χ0n) is 13.7. The van der Waals surface area contributed by atoms with Crippen LogP contribution in [0, 0.1) is 6.92 Å². The first-order chi connectivity index (χ1) is 12.2. The second-order valence-electron chi connectivity index (χ2n) is 5.81. The summed E-state index contributed by atoms with van der Waals surface area (Å²) < 4.78 is 1.89. The van der Waals surface area contributed by atoms with E-state index in [1.165, 1.54) is 11.1 Å². The van der Waals surface area contributed by atoms with Gasteiger partial charge in [0.2, 0.25) is 0 Å². The summed E-state index contributed by atoms with van der Waals surface area (Å²) >= 11 is 7.71. The van der Waals surface area contributed by atoms with Gasteiger partial charge in [-0.1, -0.05) is 59.8 Å². The van der Waals surface area contributed by atoms with Crippen molar-refractivity contribution in [2.75, 3.05) is 0 Å². The van der Waals surface area contributed by atoms with Crippen LogP contribution in [-0.4, -0.2) is 14.6 Å². The van der Waals surface area contributed by atoms with Gasteiger partial charge < -0.3 is 0 Å². The van der Waals surface area contributed by atoms with Crippen molar-refractivity contribution in [1.82, 2.24) is 14.6 Å². The summed E-state index contributed by atoms with van der Waals surface area (Å²) in [5, 5.41) is 6.38. The lowest BCUT2D eigenvalue weighted by molar-refractivity contribution is 0.920. The number of fused-ring (bicyclic) bond motifs is 1. The number of benzene rings is 2. The zero-order chi connectivity index (χ0) is 17.2.